The third-order valence-corrected chi connectivity index (χ3v) is 3.97. The number of hydrogen-bond donors (Lipinski definition) is 2. The van der Waals surface area contributed by atoms with Crippen molar-refractivity contribution in [2.75, 3.05) is 0 Å². The highest BCUT2D eigenvalue weighted by molar-refractivity contribution is 9.10. The fourth-order valence-corrected chi connectivity index (χ4v) is 2.90. The number of nitrogens with zero attached hydrogens (tertiary/aromatic N) is 2. The Morgan fingerprint density at radius 3 is 2.70 bits per heavy atom. The largest absolute Gasteiger partial charge is 0.271 e. The molecule has 20 heavy (non-hydrogen) atoms. The molecule has 0 radical (unpaired) electrons. The van der Waals surface area contributed by atoms with E-state index in [2.05, 4.69) is 26.5 Å². The molecule has 4 nitrogen and oxygen atoms in total. The Morgan fingerprint density at radius 2 is 2.15 bits per heavy atom. The lowest BCUT2D eigenvalue weighted by molar-refractivity contribution is 0.475. The molecule has 1 heterocycles. The van der Waals surface area contributed by atoms with Gasteiger partial charge in [0.1, 0.15) is 5.82 Å². The van der Waals surface area contributed by atoms with Gasteiger partial charge in [-0.05, 0) is 31.5 Å². The number of nitrogens with two attached hydrogens (primary N) is 1. The number of halogens is 3. The molecule has 0 aliphatic heterocycles. The molecule has 2 aromatic rings. The molecule has 0 saturated carbocycles. The van der Waals surface area contributed by atoms with Crippen molar-refractivity contribution < 1.29 is 4.39 Å². The highest BCUT2D eigenvalue weighted by Crippen LogP contribution is 2.33. The average molecular weight is 362 g/mol. The van der Waals surface area contributed by atoms with Gasteiger partial charge < -0.3 is 0 Å². The second-order valence-electron chi connectivity index (χ2n) is 4.68. The zero-order valence-corrected chi connectivity index (χ0v) is 13.4. The first-order valence-corrected chi connectivity index (χ1v) is 7.26. The Balaban J connectivity index is 2.55. The summed E-state index contributed by atoms with van der Waals surface area (Å²) in [6, 6.07) is 4.19. The van der Waals surface area contributed by atoms with Crippen molar-refractivity contribution in [3.05, 3.63) is 51.0 Å². The highest BCUT2D eigenvalue weighted by Gasteiger charge is 2.24. The van der Waals surface area contributed by atoms with Gasteiger partial charge in [0.25, 0.3) is 0 Å². The fourth-order valence-electron chi connectivity index (χ4n) is 2.08. The summed E-state index contributed by atoms with van der Waals surface area (Å²) >= 11 is 9.58. The molecule has 0 saturated heterocycles. The SMILES string of the molecule is CC(C)n1ncc(Cl)c1C(NN)c1ccc(F)cc1Br. The minimum Gasteiger partial charge on any atom is -0.271 e. The summed E-state index contributed by atoms with van der Waals surface area (Å²) in [5.74, 6) is 5.36. The van der Waals surface area contributed by atoms with Crippen LogP contribution in [0, 0.1) is 5.82 Å². The molecule has 0 fully saturated rings. The zero-order valence-electron chi connectivity index (χ0n) is 11.1. The standard InChI is InChI=1S/C13H15BrClFN4/c1-7(2)20-13(11(15)6-18-20)12(19-17)9-4-3-8(16)5-10(9)14/h3-7,12,19H,17H2,1-2H3. The first-order valence-electron chi connectivity index (χ1n) is 6.09. The van der Waals surface area contributed by atoms with E-state index in [4.69, 9.17) is 17.4 Å². The van der Waals surface area contributed by atoms with Gasteiger partial charge in [-0.25, -0.2) is 9.82 Å². The number of rotatable bonds is 4. The van der Waals surface area contributed by atoms with Crippen molar-refractivity contribution in [1.29, 1.82) is 0 Å². The van der Waals surface area contributed by atoms with Crippen LogP contribution in [0.3, 0.4) is 0 Å². The molecule has 0 bridgehead atoms. The quantitative estimate of drug-likeness (QED) is 0.646. The molecule has 1 atom stereocenters. The lowest BCUT2D eigenvalue weighted by Gasteiger charge is -2.21. The van der Waals surface area contributed by atoms with Gasteiger partial charge in [-0.1, -0.05) is 33.6 Å². The lowest BCUT2D eigenvalue weighted by Crippen LogP contribution is -2.31. The Kier molecular flexibility index (Phi) is 4.80. The maximum atomic E-state index is 13.2. The Bertz CT molecular complexity index is 614. The maximum Gasteiger partial charge on any atom is 0.124 e. The van der Waals surface area contributed by atoms with E-state index in [1.54, 1.807) is 16.9 Å². The predicted molar refractivity (Wildman–Crippen MR) is 80.9 cm³/mol. The number of aromatic nitrogens is 2. The van der Waals surface area contributed by atoms with Crippen molar-refractivity contribution in [2.24, 2.45) is 5.84 Å². The van der Waals surface area contributed by atoms with Crippen molar-refractivity contribution in [3.63, 3.8) is 0 Å². The Labute approximate surface area is 130 Å². The van der Waals surface area contributed by atoms with Gasteiger partial charge >= 0.3 is 0 Å². The first kappa shape index (κ1) is 15.4. The average Bonchev–Trinajstić information content (AvgIpc) is 2.75. The smallest absolute Gasteiger partial charge is 0.124 e. The molecule has 0 amide bonds. The van der Waals surface area contributed by atoms with Crippen LogP contribution in [0.2, 0.25) is 5.02 Å². The molecular formula is C13H15BrClFN4. The van der Waals surface area contributed by atoms with E-state index in [0.717, 1.165) is 11.3 Å². The molecule has 0 aliphatic rings. The maximum absolute atomic E-state index is 13.2. The van der Waals surface area contributed by atoms with E-state index in [9.17, 15) is 4.39 Å². The van der Waals surface area contributed by atoms with Gasteiger partial charge in [-0.3, -0.25) is 10.5 Å². The summed E-state index contributed by atoms with van der Waals surface area (Å²) in [4.78, 5) is 0. The fraction of sp³-hybridized carbons (Fsp3) is 0.308. The molecule has 0 spiro atoms. The van der Waals surface area contributed by atoms with Crippen LogP contribution in [0.5, 0.6) is 0 Å². The second kappa shape index (κ2) is 6.22. The summed E-state index contributed by atoms with van der Waals surface area (Å²) in [7, 11) is 0. The lowest BCUT2D eigenvalue weighted by atomic mass is 10.0. The van der Waals surface area contributed by atoms with Gasteiger partial charge in [-0.15, -0.1) is 0 Å². The van der Waals surface area contributed by atoms with E-state index >= 15 is 0 Å². The van der Waals surface area contributed by atoms with E-state index < -0.39 is 0 Å². The molecule has 7 heteroatoms. The summed E-state index contributed by atoms with van der Waals surface area (Å²) < 4.78 is 15.6. The van der Waals surface area contributed by atoms with Crippen LogP contribution in [-0.2, 0) is 0 Å². The van der Waals surface area contributed by atoms with E-state index in [0.29, 0.717) is 9.50 Å². The van der Waals surface area contributed by atoms with Gasteiger partial charge in [-0.2, -0.15) is 5.10 Å². The van der Waals surface area contributed by atoms with Crippen molar-refractivity contribution in [1.82, 2.24) is 15.2 Å². The van der Waals surface area contributed by atoms with E-state index in [1.807, 2.05) is 13.8 Å². The molecule has 1 aromatic heterocycles. The minimum atomic E-state index is -0.387. The number of benzene rings is 1. The third kappa shape index (κ3) is 2.88. The summed E-state index contributed by atoms with van der Waals surface area (Å²) in [5.41, 5.74) is 4.26. The number of nitrogens with one attached hydrogen (secondary N) is 1. The van der Waals surface area contributed by atoms with Crippen LogP contribution in [0.15, 0.2) is 28.9 Å². The molecule has 108 valence electrons. The van der Waals surface area contributed by atoms with Crippen molar-refractivity contribution in [3.8, 4) is 0 Å². The monoisotopic (exact) mass is 360 g/mol. The van der Waals surface area contributed by atoms with Crippen molar-refractivity contribution in [2.45, 2.75) is 25.9 Å². The molecule has 1 aromatic carbocycles. The summed E-state index contributed by atoms with van der Waals surface area (Å²) in [6.45, 7) is 4.00. The minimum absolute atomic E-state index is 0.132. The normalized spacial score (nSPS) is 12.9. The summed E-state index contributed by atoms with van der Waals surface area (Å²) in [6.07, 6.45) is 1.58. The van der Waals surface area contributed by atoms with Crippen LogP contribution in [0.25, 0.3) is 0 Å². The molecular weight excluding hydrogens is 347 g/mol. The number of hydrazine groups is 1. The van der Waals surface area contributed by atoms with Gasteiger partial charge in [0.15, 0.2) is 0 Å². The molecule has 1 unspecified atom stereocenters. The third-order valence-electron chi connectivity index (χ3n) is 2.99. The van der Waals surface area contributed by atoms with E-state index in [-0.39, 0.29) is 17.9 Å². The molecule has 0 aliphatic carbocycles. The van der Waals surface area contributed by atoms with Gasteiger partial charge in [0.2, 0.25) is 0 Å². The zero-order chi connectivity index (χ0) is 14.9. The van der Waals surface area contributed by atoms with Crippen LogP contribution in [-0.4, -0.2) is 9.78 Å². The Morgan fingerprint density at radius 1 is 1.45 bits per heavy atom. The topological polar surface area (TPSA) is 55.9 Å². The Hall–Kier alpha value is -0.950. The number of hydrogen-bond acceptors (Lipinski definition) is 3. The van der Waals surface area contributed by atoms with Crippen LogP contribution < -0.4 is 11.3 Å². The highest BCUT2D eigenvalue weighted by atomic mass is 79.9. The second-order valence-corrected chi connectivity index (χ2v) is 5.94. The van der Waals surface area contributed by atoms with Crippen LogP contribution >= 0.6 is 27.5 Å². The van der Waals surface area contributed by atoms with Crippen LogP contribution in [0.4, 0.5) is 4.39 Å². The summed E-state index contributed by atoms with van der Waals surface area (Å²) in [5, 5.41) is 4.77. The van der Waals surface area contributed by atoms with Crippen LogP contribution in [0.1, 0.15) is 37.2 Å². The molecule has 3 N–H and O–H groups in total. The molecule has 2 rings (SSSR count). The van der Waals surface area contributed by atoms with Crippen molar-refractivity contribution >= 4 is 27.5 Å². The van der Waals surface area contributed by atoms with E-state index in [1.165, 1.54) is 12.1 Å². The first-order chi connectivity index (χ1) is 9.45. The van der Waals surface area contributed by atoms with Gasteiger partial charge in [0, 0.05) is 10.5 Å². The predicted octanol–water partition coefficient (Wildman–Crippen LogP) is 3.57. The van der Waals surface area contributed by atoms with Gasteiger partial charge in [0.05, 0.1) is 23.0 Å².